The monoisotopic (exact) mass is 275 g/mol. The molecule has 0 amide bonds. The van der Waals surface area contributed by atoms with Crippen molar-refractivity contribution >= 4 is 0 Å². The SMILES string of the molecule is CC1(C)CCCNC1c1nc(-c2ccc(F)cc2)no1. The molecule has 4 nitrogen and oxygen atoms in total. The van der Waals surface area contributed by atoms with Crippen molar-refractivity contribution in [3.8, 4) is 11.4 Å². The molecule has 1 fully saturated rings. The number of nitrogens with zero attached hydrogens (tertiary/aromatic N) is 2. The van der Waals surface area contributed by atoms with Crippen molar-refractivity contribution in [2.75, 3.05) is 6.54 Å². The quantitative estimate of drug-likeness (QED) is 0.913. The third kappa shape index (κ3) is 2.45. The van der Waals surface area contributed by atoms with E-state index < -0.39 is 0 Å². The fraction of sp³-hybridized carbons (Fsp3) is 0.467. The van der Waals surface area contributed by atoms with Gasteiger partial charge in [-0.15, -0.1) is 0 Å². The molecule has 2 heterocycles. The molecule has 1 unspecified atom stereocenters. The van der Waals surface area contributed by atoms with Crippen LogP contribution in [0, 0.1) is 11.2 Å². The minimum absolute atomic E-state index is 0.0675. The van der Waals surface area contributed by atoms with Crippen LogP contribution in [0.25, 0.3) is 11.4 Å². The molecule has 0 spiro atoms. The Hall–Kier alpha value is -1.75. The van der Waals surface area contributed by atoms with Crippen molar-refractivity contribution < 1.29 is 8.91 Å². The molecule has 0 aliphatic carbocycles. The van der Waals surface area contributed by atoms with Crippen LogP contribution in [0.2, 0.25) is 0 Å². The fourth-order valence-corrected chi connectivity index (χ4v) is 2.70. The van der Waals surface area contributed by atoms with Gasteiger partial charge in [-0.2, -0.15) is 4.98 Å². The first kappa shape index (κ1) is 13.2. The Balaban J connectivity index is 1.88. The zero-order chi connectivity index (χ0) is 14.2. The summed E-state index contributed by atoms with van der Waals surface area (Å²) in [5.74, 6) is 0.838. The lowest BCUT2D eigenvalue weighted by Gasteiger charge is -2.36. The van der Waals surface area contributed by atoms with Crippen molar-refractivity contribution in [3.05, 3.63) is 36.0 Å². The lowest BCUT2D eigenvalue weighted by molar-refractivity contribution is 0.146. The van der Waals surface area contributed by atoms with Gasteiger partial charge in [-0.05, 0) is 49.1 Å². The maximum atomic E-state index is 12.9. The Morgan fingerprint density at radius 1 is 1.30 bits per heavy atom. The Morgan fingerprint density at radius 3 is 2.75 bits per heavy atom. The molecular formula is C15H18FN3O. The average molecular weight is 275 g/mol. The molecule has 0 saturated carbocycles. The van der Waals surface area contributed by atoms with Gasteiger partial charge in [-0.1, -0.05) is 19.0 Å². The van der Waals surface area contributed by atoms with Gasteiger partial charge in [0.25, 0.3) is 0 Å². The highest BCUT2D eigenvalue weighted by molar-refractivity contribution is 5.53. The average Bonchev–Trinajstić information content (AvgIpc) is 2.88. The molecule has 3 rings (SSSR count). The Labute approximate surface area is 117 Å². The number of piperidine rings is 1. The fourth-order valence-electron chi connectivity index (χ4n) is 2.70. The first-order valence-corrected chi connectivity index (χ1v) is 6.89. The molecule has 1 aliphatic rings. The Morgan fingerprint density at radius 2 is 2.05 bits per heavy atom. The Kier molecular flexibility index (Phi) is 3.30. The minimum atomic E-state index is -0.271. The van der Waals surface area contributed by atoms with Gasteiger partial charge < -0.3 is 9.84 Å². The van der Waals surface area contributed by atoms with Gasteiger partial charge in [0.1, 0.15) is 5.82 Å². The van der Waals surface area contributed by atoms with Crippen molar-refractivity contribution in [1.29, 1.82) is 0 Å². The van der Waals surface area contributed by atoms with Gasteiger partial charge in [-0.25, -0.2) is 4.39 Å². The first-order chi connectivity index (χ1) is 9.56. The van der Waals surface area contributed by atoms with E-state index in [-0.39, 0.29) is 17.3 Å². The number of hydrogen-bond acceptors (Lipinski definition) is 4. The van der Waals surface area contributed by atoms with Crippen molar-refractivity contribution in [3.63, 3.8) is 0 Å². The van der Waals surface area contributed by atoms with E-state index in [2.05, 4.69) is 29.3 Å². The predicted octanol–water partition coefficient (Wildman–Crippen LogP) is 3.33. The standard InChI is InChI=1S/C15H18FN3O/c1-15(2)8-3-9-17-12(15)14-18-13(19-20-14)10-4-6-11(16)7-5-10/h4-7,12,17H,3,8-9H2,1-2H3. The molecule has 106 valence electrons. The third-order valence-electron chi connectivity index (χ3n) is 3.92. The van der Waals surface area contributed by atoms with Gasteiger partial charge in [-0.3, -0.25) is 0 Å². The van der Waals surface area contributed by atoms with E-state index >= 15 is 0 Å². The van der Waals surface area contributed by atoms with E-state index in [1.165, 1.54) is 12.1 Å². The van der Waals surface area contributed by atoms with Crippen LogP contribution in [-0.4, -0.2) is 16.7 Å². The highest BCUT2D eigenvalue weighted by Crippen LogP contribution is 2.39. The largest absolute Gasteiger partial charge is 0.337 e. The van der Waals surface area contributed by atoms with Crippen LogP contribution in [0.15, 0.2) is 28.8 Å². The molecule has 0 radical (unpaired) electrons. The number of aromatic nitrogens is 2. The summed E-state index contributed by atoms with van der Waals surface area (Å²) < 4.78 is 18.3. The summed E-state index contributed by atoms with van der Waals surface area (Å²) in [7, 11) is 0. The lowest BCUT2D eigenvalue weighted by Crippen LogP contribution is -2.39. The molecule has 1 aliphatic heterocycles. The Bertz CT molecular complexity index is 591. The second kappa shape index (κ2) is 4.98. The van der Waals surface area contributed by atoms with Gasteiger partial charge >= 0.3 is 0 Å². The molecule has 1 N–H and O–H groups in total. The van der Waals surface area contributed by atoms with Crippen LogP contribution in [0.5, 0.6) is 0 Å². The first-order valence-electron chi connectivity index (χ1n) is 6.89. The number of halogens is 1. The van der Waals surface area contributed by atoms with Crippen molar-refractivity contribution in [2.24, 2.45) is 5.41 Å². The smallest absolute Gasteiger partial charge is 0.244 e. The summed E-state index contributed by atoms with van der Waals surface area (Å²) in [6.45, 7) is 5.36. The van der Waals surface area contributed by atoms with E-state index in [1.807, 2.05) is 0 Å². The highest BCUT2D eigenvalue weighted by Gasteiger charge is 2.37. The summed E-state index contributed by atoms with van der Waals surface area (Å²) in [5, 5.41) is 7.45. The van der Waals surface area contributed by atoms with Gasteiger partial charge in [0.2, 0.25) is 11.7 Å². The van der Waals surface area contributed by atoms with Gasteiger partial charge in [0, 0.05) is 5.56 Å². The molecular weight excluding hydrogens is 257 g/mol. The molecule has 1 aromatic heterocycles. The molecule has 1 atom stereocenters. The second-order valence-electron chi connectivity index (χ2n) is 5.94. The summed E-state index contributed by atoms with van der Waals surface area (Å²) in [6, 6.07) is 6.17. The summed E-state index contributed by atoms with van der Waals surface area (Å²) in [4.78, 5) is 4.47. The number of benzene rings is 1. The van der Waals surface area contributed by atoms with E-state index in [0.29, 0.717) is 11.7 Å². The maximum absolute atomic E-state index is 12.9. The summed E-state index contributed by atoms with van der Waals surface area (Å²) in [6.07, 6.45) is 2.28. The van der Waals surface area contributed by atoms with Gasteiger partial charge in [0.05, 0.1) is 6.04 Å². The predicted molar refractivity (Wildman–Crippen MR) is 73.5 cm³/mol. The van der Waals surface area contributed by atoms with Crippen LogP contribution in [0.4, 0.5) is 4.39 Å². The van der Waals surface area contributed by atoms with E-state index in [1.54, 1.807) is 12.1 Å². The van der Waals surface area contributed by atoms with E-state index in [9.17, 15) is 4.39 Å². The number of rotatable bonds is 2. The van der Waals surface area contributed by atoms with E-state index in [4.69, 9.17) is 4.52 Å². The zero-order valence-corrected chi connectivity index (χ0v) is 11.7. The lowest BCUT2D eigenvalue weighted by atomic mass is 9.77. The maximum Gasteiger partial charge on any atom is 0.244 e. The van der Waals surface area contributed by atoms with Crippen LogP contribution in [0.1, 0.15) is 38.6 Å². The van der Waals surface area contributed by atoms with Crippen molar-refractivity contribution in [2.45, 2.75) is 32.7 Å². The summed E-state index contributed by atoms with van der Waals surface area (Å²) >= 11 is 0. The molecule has 5 heteroatoms. The van der Waals surface area contributed by atoms with E-state index in [0.717, 1.165) is 24.9 Å². The second-order valence-corrected chi connectivity index (χ2v) is 5.94. The van der Waals surface area contributed by atoms with Crippen LogP contribution in [0.3, 0.4) is 0 Å². The van der Waals surface area contributed by atoms with Crippen molar-refractivity contribution in [1.82, 2.24) is 15.5 Å². The van der Waals surface area contributed by atoms with Gasteiger partial charge in [0.15, 0.2) is 0 Å². The number of hydrogen-bond donors (Lipinski definition) is 1. The normalized spacial score (nSPS) is 21.9. The molecule has 0 bridgehead atoms. The van der Waals surface area contributed by atoms with Crippen LogP contribution >= 0.6 is 0 Å². The molecule has 1 aromatic carbocycles. The molecule has 20 heavy (non-hydrogen) atoms. The highest BCUT2D eigenvalue weighted by atomic mass is 19.1. The summed E-state index contributed by atoms with van der Waals surface area (Å²) in [5.41, 5.74) is 0.847. The minimum Gasteiger partial charge on any atom is -0.337 e. The zero-order valence-electron chi connectivity index (χ0n) is 11.7. The molecule has 1 saturated heterocycles. The third-order valence-corrected chi connectivity index (χ3v) is 3.92. The number of nitrogens with one attached hydrogen (secondary N) is 1. The van der Waals surface area contributed by atoms with Crippen LogP contribution < -0.4 is 5.32 Å². The topological polar surface area (TPSA) is 51.0 Å². The molecule has 2 aromatic rings. The van der Waals surface area contributed by atoms with Crippen LogP contribution in [-0.2, 0) is 0 Å².